The van der Waals surface area contributed by atoms with Gasteiger partial charge in [-0.25, -0.2) is 8.42 Å². The number of nitrogens with one attached hydrogen (secondary N) is 1. The summed E-state index contributed by atoms with van der Waals surface area (Å²) < 4.78 is 29.3. The first-order chi connectivity index (χ1) is 22.1. The molecule has 0 unspecified atom stereocenters. The first-order valence-corrected chi connectivity index (χ1v) is 17.5. The van der Waals surface area contributed by atoms with Crippen molar-refractivity contribution < 1.29 is 18.0 Å². The van der Waals surface area contributed by atoms with Crippen molar-refractivity contribution in [1.82, 2.24) is 10.2 Å². The average molecular weight is 679 g/mol. The van der Waals surface area contributed by atoms with E-state index in [0.717, 1.165) is 46.7 Å². The number of nitrogens with zero attached hydrogens (tertiary/aromatic N) is 2. The van der Waals surface area contributed by atoms with Crippen LogP contribution in [0.3, 0.4) is 0 Å². The molecule has 0 heterocycles. The van der Waals surface area contributed by atoms with Gasteiger partial charge in [0, 0.05) is 24.0 Å². The molecule has 46 heavy (non-hydrogen) atoms. The Balaban J connectivity index is 1.59. The quantitative estimate of drug-likeness (QED) is 0.172. The van der Waals surface area contributed by atoms with Gasteiger partial charge in [-0.2, -0.15) is 0 Å². The van der Waals surface area contributed by atoms with Crippen LogP contribution in [-0.2, 0) is 32.6 Å². The highest BCUT2D eigenvalue weighted by Gasteiger charge is 2.36. The maximum absolute atomic E-state index is 14.7. The first kappa shape index (κ1) is 33.5. The van der Waals surface area contributed by atoms with Crippen molar-refractivity contribution in [3.05, 3.63) is 130 Å². The molecular formula is C36H37Cl2N3O4S. The number of aryl methyl sites for hydroxylation is 1. The van der Waals surface area contributed by atoms with Crippen LogP contribution in [0, 0.1) is 6.92 Å². The number of hydrogen-bond acceptors (Lipinski definition) is 4. The van der Waals surface area contributed by atoms with Gasteiger partial charge in [0.15, 0.2) is 0 Å². The van der Waals surface area contributed by atoms with Crippen LogP contribution in [0.4, 0.5) is 5.69 Å². The summed E-state index contributed by atoms with van der Waals surface area (Å²) in [7, 11) is -4.28. The molecule has 1 aliphatic carbocycles. The molecule has 2 amide bonds. The Morgan fingerprint density at radius 1 is 0.870 bits per heavy atom. The lowest BCUT2D eigenvalue weighted by Gasteiger charge is -2.35. The number of rotatable bonds is 12. The lowest BCUT2D eigenvalue weighted by molar-refractivity contribution is -0.140. The van der Waals surface area contributed by atoms with Crippen molar-refractivity contribution in [2.45, 2.75) is 62.6 Å². The van der Waals surface area contributed by atoms with E-state index in [1.54, 1.807) is 24.3 Å². The largest absolute Gasteiger partial charge is 0.352 e. The fourth-order valence-electron chi connectivity index (χ4n) is 5.80. The Labute approximate surface area is 281 Å². The smallest absolute Gasteiger partial charge is 0.264 e. The van der Waals surface area contributed by atoms with Crippen molar-refractivity contribution in [3.63, 3.8) is 0 Å². The molecule has 1 fully saturated rings. The highest BCUT2D eigenvalue weighted by atomic mass is 35.5. The third-order valence-corrected chi connectivity index (χ3v) is 10.7. The summed E-state index contributed by atoms with van der Waals surface area (Å²) >= 11 is 12.9. The van der Waals surface area contributed by atoms with E-state index in [1.807, 2.05) is 61.5 Å². The highest BCUT2D eigenvalue weighted by molar-refractivity contribution is 7.92. The van der Waals surface area contributed by atoms with Crippen LogP contribution in [0.5, 0.6) is 0 Å². The van der Waals surface area contributed by atoms with Crippen LogP contribution in [-0.4, -0.2) is 43.8 Å². The van der Waals surface area contributed by atoms with E-state index in [1.165, 1.54) is 29.2 Å². The fourth-order valence-corrected chi connectivity index (χ4v) is 7.68. The lowest BCUT2D eigenvalue weighted by Crippen LogP contribution is -2.54. The number of hydrogen-bond donors (Lipinski definition) is 1. The minimum absolute atomic E-state index is 0.0101. The van der Waals surface area contributed by atoms with E-state index in [2.05, 4.69) is 5.32 Å². The molecule has 0 saturated heterocycles. The summed E-state index contributed by atoms with van der Waals surface area (Å²) in [6.07, 6.45) is 4.08. The van der Waals surface area contributed by atoms with Gasteiger partial charge in [0.2, 0.25) is 11.8 Å². The number of carbonyl (C=O) groups excluding carboxylic acids is 2. The number of sulfonamides is 1. The van der Waals surface area contributed by atoms with Crippen molar-refractivity contribution in [2.75, 3.05) is 10.8 Å². The van der Waals surface area contributed by atoms with Gasteiger partial charge < -0.3 is 10.2 Å². The van der Waals surface area contributed by atoms with E-state index >= 15 is 0 Å². The van der Waals surface area contributed by atoms with E-state index < -0.39 is 28.5 Å². The van der Waals surface area contributed by atoms with Crippen molar-refractivity contribution in [3.8, 4) is 0 Å². The van der Waals surface area contributed by atoms with Crippen LogP contribution in [0.15, 0.2) is 108 Å². The second-order valence-corrected chi connectivity index (χ2v) is 14.3. The predicted molar refractivity (Wildman–Crippen MR) is 183 cm³/mol. The molecule has 1 saturated carbocycles. The molecule has 0 bridgehead atoms. The minimum Gasteiger partial charge on any atom is -0.352 e. The van der Waals surface area contributed by atoms with Crippen LogP contribution in [0.25, 0.3) is 0 Å². The SMILES string of the molecule is Cc1ccccc1CN(C(=O)CN(c1cc(Cl)ccc1Cl)S(=O)(=O)c1ccccc1)[C@H](Cc1ccccc1)C(=O)NC1CCCC1. The summed E-state index contributed by atoms with van der Waals surface area (Å²) in [6, 6.07) is 28.6. The maximum Gasteiger partial charge on any atom is 0.264 e. The van der Waals surface area contributed by atoms with Crippen molar-refractivity contribution in [1.29, 1.82) is 0 Å². The van der Waals surface area contributed by atoms with Gasteiger partial charge in [-0.1, -0.05) is 109 Å². The van der Waals surface area contributed by atoms with Gasteiger partial charge in [-0.3, -0.25) is 13.9 Å². The summed E-state index contributed by atoms with van der Waals surface area (Å²) in [5, 5.41) is 3.56. The molecule has 0 aromatic heterocycles. The molecule has 1 aliphatic rings. The second kappa shape index (κ2) is 15.2. The number of anilines is 1. The molecule has 0 aliphatic heterocycles. The monoisotopic (exact) mass is 677 g/mol. The first-order valence-electron chi connectivity index (χ1n) is 15.3. The third-order valence-electron chi connectivity index (χ3n) is 8.36. The Bertz CT molecular complexity index is 1760. The van der Waals surface area contributed by atoms with Crippen molar-refractivity contribution in [2.24, 2.45) is 0 Å². The van der Waals surface area contributed by atoms with Gasteiger partial charge in [-0.05, 0) is 66.8 Å². The van der Waals surface area contributed by atoms with E-state index in [0.29, 0.717) is 0 Å². The zero-order valence-electron chi connectivity index (χ0n) is 25.6. The lowest BCUT2D eigenvalue weighted by atomic mass is 10.0. The maximum atomic E-state index is 14.7. The molecule has 1 N–H and O–H groups in total. The second-order valence-electron chi connectivity index (χ2n) is 11.6. The molecule has 10 heteroatoms. The highest BCUT2D eigenvalue weighted by Crippen LogP contribution is 2.33. The topological polar surface area (TPSA) is 86.8 Å². The Morgan fingerprint density at radius 3 is 2.17 bits per heavy atom. The summed E-state index contributed by atoms with van der Waals surface area (Å²) in [6.45, 7) is 1.44. The van der Waals surface area contributed by atoms with Gasteiger partial charge in [0.05, 0.1) is 15.6 Å². The molecule has 7 nitrogen and oxygen atoms in total. The van der Waals surface area contributed by atoms with Crippen LogP contribution >= 0.6 is 23.2 Å². The zero-order chi connectivity index (χ0) is 32.7. The third kappa shape index (κ3) is 8.10. The molecule has 4 aromatic rings. The molecule has 0 radical (unpaired) electrons. The van der Waals surface area contributed by atoms with E-state index in [4.69, 9.17) is 23.2 Å². The molecule has 1 atom stereocenters. The van der Waals surface area contributed by atoms with Crippen LogP contribution in [0.2, 0.25) is 10.0 Å². The number of carbonyl (C=O) groups is 2. The van der Waals surface area contributed by atoms with Gasteiger partial charge in [0.1, 0.15) is 12.6 Å². The number of halogens is 2. The van der Waals surface area contributed by atoms with E-state index in [9.17, 15) is 18.0 Å². The fraction of sp³-hybridized carbons (Fsp3) is 0.278. The Hall–Kier alpha value is -3.85. The molecule has 240 valence electrons. The summed E-state index contributed by atoms with van der Waals surface area (Å²) in [4.78, 5) is 30.3. The average Bonchev–Trinajstić information content (AvgIpc) is 3.57. The molecule has 4 aromatic carbocycles. The Kier molecular flexibility index (Phi) is 11.0. The molecular weight excluding hydrogens is 641 g/mol. The summed E-state index contributed by atoms with van der Waals surface area (Å²) in [5.74, 6) is -0.822. The van der Waals surface area contributed by atoms with Gasteiger partial charge >= 0.3 is 0 Å². The number of benzene rings is 4. The molecule has 5 rings (SSSR count). The normalized spacial score (nSPS) is 14.1. The zero-order valence-corrected chi connectivity index (χ0v) is 27.9. The summed E-state index contributed by atoms with van der Waals surface area (Å²) in [5.41, 5.74) is 2.74. The van der Waals surface area contributed by atoms with Crippen LogP contribution in [0.1, 0.15) is 42.4 Å². The van der Waals surface area contributed by atoms with Gasteiger partial charge in [-0.15, -0.1) is 0 Å². The minimum atomic E-state index is -4.28. The Morgan fingerprint density at radius 2 is 1.50 bits per heavy atom. The van der Waals surface area contributed by atoms with Crippen molar-refractivity contribution >= 4 is 50.7 Å². The number of amides is 2. The van der Waals surface area contributed by atoms with Gasteiger partial charge in [0.25, 0.3) is 10.0 Å². The molecule has 0 spiro atoms. The predicted octanol–water partition coefficient (Wildman–Crippen LogP) is 7.20. The van der Waals surface area contributed by atoms with Crippen LogP contribution < -0.4 is 9.62 Å². The standard InChI is InChI=1S/C36H37Cl2N3O4S/c1-26-12-8-9-15-28(26)24-40(34(22-27-13-4-2-5-14-27)36(43)39-30-16-10-11-17-30)35(42)25-41(33-23-29(37)20-21-32(33)38)46(44,45)31-18-6-3-7-19-31/h2-9,12-15,18-21,23,30,34H,10-11,16-17,22,24-25H2,1H3,(H,39,43)/t34-/m1/s1. The van der Waals surface area contributed by atoms with E-state index in [-0.39, 0.29) is 45.5 Å².